The van der Waals surface area contributed by atoms with Crippen LogP contribution in [0.5, 0.6) is 5.75 Å². The highest BCUT2D eigenvalue weighted by Gasteiger charge is 2.17. The van der Waals surface area contributed by atoms with Crippen LogP contribution in [0.2, 0.25) is 0 Å². The fraction of sp³-hybridized carbons (Fsp3) is 0.192. The lowest BCUT2D eigenvalue weighted by atomic mass is 9.87. The van der Waals surface area contributed by atoms with Crippen LogP contribution in [0.1, 0.15) is 42.5 Å². The molecule has 0 unspecified atom stereocenters. The summed E-state index contributed by atoms with van der Waals surface area (Å²) >= 11 is 0. The first-order chi connectivity index (χ1) is 16.6. The van der Waals surface area contributed by atoms with Crippen LogP contribution in [0.25, 0.3) is 16.9 Å². The highest BCUT2D eigenvalue weighted by Crippen LogP contribution is 2.37. The van der Waals surface area contributed by atoms with Crippen molar-refractivity contribution in [2.24, 2.45) is 10.2 Å². The lowest BCUT2D eigenvalue weighted by Crippen LogP contribution is -2.15. The van der Waals surface area contributed by atoms with Gasteiger partial charge in [0.25, 0.3) is 5.56 Å². The summed E-state index contributed by atoms with van der Waals surface area (Å²) in [4.78, 5) is 28.3. The van der Waals surface area contributed by atoms with Crippen LogP contribution in [0, 0.1) is 6.92 Å². The third-order valence-corrected chi connectivity index (χ3v) is 5.55. The first-order valence-electron chi connectivity index (χ1n) is 10.9. The molecule has 4 rings (SSSR count). The number of aromatic carboxylic acids is 1. The summed E-state index contributed by atoms with van der Waals surface area (Å²) in [5, 5.41) is 31.1. The van der Waals surface area contributed by atoms with Gasteiger partial charge >= 0.3 is 5.97 Å². The van der Waals surface area contributed by atoms with Gasteiger partial charge < -0.3 is 10.2 Å². The largest absolute Gasteiger partial charge is 0.505 e. The topological polar surface area (TPSA) is 133 Å². The molecule has 35 heavy (non-hydrogen) atoms. The zero-order valence-corrected chi connectivity index (χ0v) is 19.8. The second kappa shape index (κ2) is 9.02. The number of aromatic hydroxyl groups is 1. The van der Waals surface area contributed by atoms with E-state index in [2.05, 4.69) is 41.1 Å². The van der Waals surface area contributed by atoms with Crippen LogP contribution in [-0.4, -0.2) is 30.9 Å². The zero-order chi connectivity index (χ0) is 25.3. The first-order valence-corrected chi connectivity index (χ1v) is 10.9. The minimum absolute atomic E-state index is 0.00445. The SMILES string of the molecule is Cc1[nH]n(-c2ccc(C(C)(C)C)cc2)c(=O)c1N=Nc1cccc(-c2cccc(C(=O)O)n2)c1O. The highest BCUT2D eigenvalue weighted by molar-refractivity contribution is 5.86. The lowest BCUT2D eigenvalue weighted by Gasteiger charge is -2.19. The summed E-state index contributed by atoms with van der Waals surface area (Å²) in [6, 6.07) is 17.0. The molecular formula is C26H25N5O4. The van der Waals surface area contributed by atoms with Crippen molar-refractivity contribution < 1.29 is 15.0 Å². The molecule has 0 amide bonds. The van der Waals surface area contributed by atoms with E-state index in [1.807, 2.05) is 24.3 Å². The van der Waals surface area contributed by atoms with Crippen LogP contribution >= 0.6 is 0 Å². The Bertz CT molecular complexity index is 1490. The Labute approximate surface area is 201 Å². The number of hydrogen-bond donors (Lipinski definition) is 3. The average Bonchev–Trinajstić information content (AvgIpc) is 3.11. The van der Waals surface area contributed by atoms with Crippen molar-refractivity contribution in [2.45, 2.75) is 33.1 Å². The predicted octanol–water partition coefficient (Wildman–Crippen LogP) is 5.65. The zero-order valence-electron chi connectivity index (χ0n) is 19.8. The number of phenols is 1. The van der Waals surface area contributed by atoms with E-state index in [1.54, 1.807) is 31.2 Å². The molecule has 0 saturated heterocycles. The summed E-state index contributed by atoms with van der Waals surface area (Å²) in [6.45, 7) is 8.08. The van der Waals surface area contributed by atoms with Gasteiger partial charge in [-0.1, -0.05) is 45.0 Å². The molecule has 0 spiro atoms. The number of aryl methyl sites for hydroxylation is 1. The smallest absolute Gasteiger partial charge is 0.354 e. The quantitative estimate of drug-likeness (QED) is 0.323. The second-order valence-corrected chi connectivity index (χ2v) is 9.11. The number of carboxylic acid groups (broad SMARTS) is 1. The third-order valence-electron chi connectivity index (χ3n) is 5.55. The number of carboxylic acids is 1. The maximum absolute atomic E-state index is 13.0. The van der Waals surface area contributed by atoms with E-state index in [1.165, 1.54) is 16.8 Å². The lowest BCUT2D eigenvalue weighted by molar-refractivity contribution is 0.0690. The fourth-order valence-corrected chi connectivity index (χ4v) is 3.57. The monoisotopic (exact) mass is 471 g/mol. The van der Waals surface area contributed by atoms with Crippen molar-refractivity contribution >= 4 is 17.3 Å². The predicted molar refractivity (Wildman–Crippen MR) is 132 cm³/mol. The van der Waals surface area contributed by atoms with E-state index in [9.17, 15) is 19.8 Å². The molecule has 3 N–H and O–H groups in total. The van der Waals surface area contributed by atoms with Gasteiger partial charge in [0.1, 0.15) is 11.4 Å². The molecule has 0 radical (unpaired) electrons. The van der Waals surface area contributed by atoms with Gasteiger partial charge in [-0.05, 0) is 54.3 Å². The molecule has 0 saturated carbocycles. The molecule has 9 heteroatoms. The Morgan fingerprint density at radius 2 is 1.69 bits per heavy atom. The van der Waals surface area contributed by atoms with Crippen molar-refractivity contribution in [1.82, 2.24) is 14.8 Å². The van der Waals surface area contributed by atoms with E-state index < -0.39 is 5.97 Å². The first kappa shape index (κ1) is 23.6. The number of para-hydroxylation sites is 1. The molecule has 0 bridgehead atoms. The summed E-state index contributed by atoms with van der Waals surface area (Å²) in [5.74, 6) is -1.40. The second-order valence-electron chi connectivity index (χ2n) is 9.11. The molecule has 2 aromatic heterocycles. The summed E-state index contributed by atoms with van der Waals surface area (Å²) in [7, 11) is 0. The number of phenolic OH excluding ortho intramolecular Hbond substituents is 1. The van der Waals surface area contributed by atoms with E-state index in [0.29, 0.717) is 16.9 Å². The van der Waals surface area contributed by atoms with Crippen molar-refractivity contribution in [2.75, 3.05) is 0 Å². The molecule has 9 nitrogen and oxygen atoms in total. The fourth-order valence-electron chi connectivity index (χ4n) is 3.57. The van der Waals surface area contributed by atoms with Gasteiger partial charge in [-0.25, -0.2) is 14.5 Å². The van der Waals surface area contributed by atoms with Gasteiger partial charge in [-0.15, -0.1) is 10.2 Å². The van der Waals surface area contributed by atoms with Crippen LogP contribution in [0.15, 0.2) is 75.7 Å². The van der Waals surface area contributed by atoms with E-state index in [-0.39, 0.29) is 39.5 Å². The van der Waals surface area contributed by atoms with Crippen LogP contribution in [0.3, 0.4) is 0 Å². The van der Waals surface area contributed by atoms with Crippen LogP contribution in [-0.2, 0) is 5.41 Å². The maximum Gasteiger partial charge on any atom is 0.354 e. The average molecular weight is 472 g/mol. The molecule has 0 aliphatic heterocycles. The van der Waals surface area contributed by atoms with E-state index in [0.717, 1.165) is 5.56 Å². The Kier molecular flexibility index (Phi) is 6.09. The van der Waals surface area contributed by atoms with E-state index in [4.69, 9.17) is 0 Å². The molecule has 0 fully saturated rings. The van der Waals surface area contributed by atoms with Gasteiger partial charge in [0.05, 0.1) is 17.1 Å². The summed E-state index contributed by atoms with van der Waals surface area (Å²) in [5.41, 5.74) is 2.62. The molecule has 2 aromatic carbocycles. The molecule has 2 heterocycles. The van der Waals surface area contributed by atoms with Crippen LogP contribution < -0.4 is 5.56 Å². The number of H-pyrrole nitrogens is 1. The molecule has 178 valence electrons. The Morgan fingerprint density at radius 1 is 1.00 bits per heavy atom. The standard InChI is InChI=1S/C26H25N5O4/c1-15-22(24(33)31(30-15)17-13-11-16(12-14-17)26(2,3)4)29-28-20-9-5-7-18(23(20)32)19-8-6-10-21(27-19)25(34)35/h5-14,30,32H,1-4H3,(H,34,35). The number of benzene rings is 2. The molecule has 0 atom stereocenters. The minimum atomic E-state index is -1.17. The molecular weight excluding hydrogens is 446 g/mol. The molecule has 0 aliphatic carbocycles. The van der Waals surface area contributed by atoms with E-state index >= 15 is 0 Å². The van der Waals surface area contributed by atoms with Crippen LogP contribution in [0.4, 0.5) is 11.4 Å². The summed E-state index contributed by atoms with van der Waals surface area (Å²) < 4.78 is 1.40. The van der Waals surface area contributed by atoms with Crippen molar-refractivity contribution in [3.8, 4) is 22.7 Å². The number of carbonyl (C=O) groups is 1. The number of aromatic nitrogens is 3. The number of nitrogens with zero attached hydrogens (tertiary/aromatic N) is 4. The molecule has 0 aliphatic rings. The van der Waals surface area contributed by atoms with Gasteiger partial charge in [-0.3, -0.25) is 9.89 Å². The van der Waals surface area contributed by atoms with Gasteiger partial charge in [0.2, 0.25) is 0 Å². The number of azo groups is 1. The number of aromatic amines is 1. The normalized spacial score (nSPS) is 11.8. The third kappa shape index (κ3) is 4.74. The number of hydrogen-bond acceptors (Lipinski definition) is 6. The van der Waals surface area contributed by atoms with Crippen molar-refractivity contribution in [3.05, 3.63) is 88.0 Å². The Balaban J connectivity index is 1.67. The number of nitrogens with one attached hydrogen (secondary N) is 1. The molecule has 4 aromatic rings. The highest BCUT2D eigenvalue weighted by atomic mass is 16.4. The summed E-state index contributed by atoms with van der Waals surface area (Å²) in [6.07, 6.45) is 0. The number of pyridine rings is 1. The Hall–Kier alpha value is -4.53. The maximum atomic E-state index is 13.0. The number of rotatable bonds is 5. The Morgan fingerprint density at radius 3 is 2.34 bits per heavy atom. The van der Waals surface area contributed by atoms with Gasteiger partial charge in [0, 0.05) is 5.56 Å². The van der Waals surface area contributed by atoms with Crippen molar-refractivity contribution in [1.29, 1.82) is 0 Å². The van der Waals surface area contributed by atoms with Gasteiger partial charge in [0.15, 0.2) is 11.4 Å². The van der Waals surface area contributed by atoms with Gasteiger partial charge in [-0.2, -0.15) is 0 Å². The van der Waals surface area contributed by atoms with Crippen molar-refractivity contribution in [3.63, 3.8) is 0 Å². The minimum Gasteiger partial charge on any atom is -0.505 e.